The molecule has 0 saturated carbocycles. The molecule has 0 heterocycles. The van der Waals surface area contributed by atoms with Gasteiger partial charge in [0, 0.05) is 6.42 Å². The normalized spacial score (nSPS) is 11.1. The number of carboxylic acids is 2. The van der Waals surface area contributed by atoms with Crippen LogP contribution in [0.1, 0.15) is 46.5 Å². The second kappa shape index (κ2) is 10.0. The van der Waals surface area contributed by atoms with Crippen LogP contribution in [0, 0.1) is 5.92 Å². The van der Waals surface area contributed by atoms with Crippen molar-refractivity contribution in [2.75, 3.05) is 0 Å². The molecule has 1 unspecified atom stereocenters. The van der Waals surface area contributed by atoms with Gasteiger partial charge in [0.2, 0.25) is 0 Å². The van der Waals surface area contributed by atoms with Crippen LogP contribution in [0.3, 0.4) is 0 Å². The van der Waals surface area contributed by atoms with Gasteiger partial charge < -0.3 is 10.2 Å². The fraction of sp³-hybridized carbons (Fsp3) is 0.800. The molecule has 0 aliphatic heterocycles. The average molecular weight is 204 g/mol. The second-order valence-electron chi connectivity index (χ2n) is 2.88. The van der Waals surface area contributed by atoms with E-state index in [-0.39, 0.29) is 12.3 Å². The number of carboxylic acid groups (broad SMARTS) is 2. The van der Waals surface area contributed by atoms with Gasteiger partial charge in [0.25, 0.3) is 0 Å². The van der Waals surface area contributed by atoms with Crippen molar-refractivity contribution < 1.29 is 19.8 Å². The van der Waals surface area contributed by atoms with Crippen LogP contribution >= 0.6 is 0 Å². The highest BCUT2D eigenvalue weighted by molar-refractivity contribution is 5.69. The summed E-state index contributed by atoms with van der Waals surface area (Å²) in [6, 6.07) is 0. The van der Waals surface area contributed by atoms with E-state index in [2.05, 4.69) is 0 Å². The van der Waals surface area contributed by atoms with Crippen molar-refractivity contribution >= 4 is 11.9 Å². The highest BCUT2D eigenvalue weighted by Crippen LogP contribution is 2.08. The zero-order chi connectivity index (χ0) is 11.6. The Labute approximate surface area is 84.9 Å². The lowest BCUT2D eigenvalue weighted by atomic mass is 10.0. The molecule has 0 bridgehead atoms. The lowest BCUT2D eigenvalue weighted by Gasteiger charge is -2.03. The predicted octanol–water partition coefficient (Wildman–Crippen LogP) is 2.38. The first-order valence-corrected chi connectivity index (χ1v) is 4.98. The summed E-state index contributed by atoms with van der Waals surface area (Å²) >= 11 is 0. The first kappa shape index (κ1) is 15.4. The Kier molecular flexibility index (Phi) is 11.0. The molecular formula is C10H20O4. The van der Waals surface area contributed by atoms with Gasteiger partial charge in [0.15, 0.2) is 0 Å². The lowest BCUT2D eigenvalue weighted by Crippen LogP contribution is -2.09. The number of aliphatic carboxylic acids is 2. The fourth-order valence-corrected chi connectivity index (χ4v) is 0.850. The summed E-state index contributed by atoms with van der Waals surface area (Å²) < 4.78 is 0. The molecule has 0 amide bonds. The molecule has 0 aliphatic carbocycles. The summed E-state index contributed by atoms with van der Waals surface area (Å²) in [5.41, 5.74) is 0. The molecule has 84 valence electrons. The fourth-order valence-electron chi connectivity index (χ4n) is 0.850. The molecule has 0 aromatic heterocycles. The third-order valence-electron chi connectivity index (χ3n) is 1.70. The lowest BCUT2D eigenvalue weighted by molar-refractivity contribution is -0.141. The smallest absolute Gasteiger partial charge is 0.306 e. The summed E-state index contributed by atoms with van der Waals surface area (Å²) in [5.74, 6) is -2.00. The zero-order valence-electron chi connectivity index (χ0n) is 9.12. The SMILES string of the molecule is CC.CC(CCCCC(=O)O)C(=O)O. The van der Waals surface area contributed by atoms with Crippen molar-refractivity contribution in [1.82, 2.24) is 0 Å². The maximum absolute atomic E-state index is 10.3. The molecule has 4 heteroatoms. The van der Waals surface area contributed by atoms with Crippen LogP contribution in [0.15, 0.2) is 0 Å². The van der Waals surface area contributed by atoms with Crippen molar-refractivity contribution in [3.8, 4) is 0 Å². The summed E-state index contributed by atoms with van der Waals surface area (Å²) in [7, 11) is 0. The van der Waals surface area contributed by atoms with Gasteiger partial charge in [-0.1, -0.05) is 27.2 Å². The number of hydrogen-bond donors (Lipinski definition) is 2. The molecule has 0 saturated heterocycles. The molecule has 1 atom stereocenters. The Hall–Kier alpha value is -1.06. The molecule has 0 radical (unpaired) electrons. The zero-order valence-corrected chi connectivity index (χ0v) is 9.12. The Morgan fingerprint density at radius 1 is 1.14 bits per heavy atom. The Balaban J connectivity index is 0. The third-order valence-corrected chi connectivity index (χ3v) is 1.70. The highest BCUT2D eigenvalue weighted by atomic mass is 16.4. The van der Waals surface area contributed by atoms with Gasteiger partial charge >= 0.3 is 11.9 Å². The van der Waals surface area contributed by atoms with Crippen molar-refractivity contribution in [2.45, 2.75) is 46.5 Å². The number of rotatable bonds is 6. The maximum Gasteiger partial charge on any atom is 0.306 e. The first-order chi connectivity index (χ1) is 6.54. The van der Waals surface area contributed by atoms with E-state index in [1.807, 2.05) is 13.8 Å². The van der Waals surface area contributed by atoms with Crippen molar-refractivity contribution in [2.24, 2.45) is 5.92 Å². The predicted molar refractivity (Wildman–Crippen MR) is 54.3 cm³/mol. The highest BCUT2D eigenvalue weighted by Gasteiger charge is 2.09. The summed E-state index contributed by atoms with van der Waals surface area (Å²) in [5, 5.41) is 16.7. The van der Waals surface area contributed by atoms with Crippen LogP contribution in [0.25, 0.3) is 0 Å². The molecular weight excluding hydrogens is 184 g/mol. The summed E-state index contributed by atoms with van der Waals surface area (Å²) in [6.07, 6.45) is 1.92. The largest absolute Gasteiger partial charge is 0.481 e. The number of carbonyl (C=O) groups is 2. The first-order valence-electron chi connectivity index (χ1n) is 4.98. The van der Waals surface area contributed by atoms with Gasteiger partial charge in [0.1, 0.15) is 0 Å². The molecule has 2 N–H and O–H groups in total. The third kappa shape index (κ3) is 10.9. The maximum atomic E-state index is 10.3. The van der Waals surface area contributed by atoms with Crippen LogP contribution in [-0.4, -0.2) is 22.2 Å². The van der Waals surface area contributed by atoms with Gasteiger partial charge in [-0.15, -0.1) is 0 Å². The molecule has 0 aromatic rings. The van der Waals surface area contributed by atoms with Crippen LogP contribution < -0.4 is 0 Å². The van der Waals surface area contributed by atoms with E-state index in [0.29, 0.717) is 19.3 Å². The van der Waals surface area contributed by atoms with Gasteiger partial charge in [-0.2, -0.15) is 0 Å². The molecule has 0 fully saturated rings. The Morgan fingerprint density at radius 3 is 2.00 bits per heavy atom. The molecule has 4 nitrogen and oxygen atoms in total. The second-order valence-corrected chi connectivity index (χ2v) is 2.88. The quantitative estimate of drug-likeness (QED) is 0.651. The molecule has 0 spiro atoms. The minimum absolute atomic E-state index is 0.131. The Bertz CT molecular complexity index is 166. The topological polar surface area (TPSA) is 74.6 Å². The van der Waals surface area contributed by atoms with E-state index in [4.69, 9.17) is 10.2 Å². The Morgan fingerprint density at radius 2 is 1.64 bits per heavy atom. The molecule has 14 heavy (non-hydrogen) atoms. The monoisotopic (exact) mass is 204 g/mol. The minimum atomic E-state index is -0.821. The van der Waals surface area contributed by atoms with E-state index >= 15 is 0 Å². The van der Waals surface area contributed by atoms with Crippen molar-refractivity contribution in [3.63, 3.8) is 0 Å². The standard InChI is InChI=1S/C8H14O4.C2H6/c1-6(8(11)12)4-2-3-5-7(9)10;1-2/h6H,2-5H2,1H3,(H,9,10)(H,11,12);1-2H3. The van der Waals surface area contributed by atoms with Crippen LogP contribution in [-0.2, 0) is 9.59 Å². The van der Waals surface area contributed by atoms with Crippen molar-refractivity contribution in [1.29, 1.82) is 0 Å². The number of hydrogen-bond acceptors (Lipinski definition) is 2. The molecule has 0 aromatic carbocycles. The van der Waals surface area contributed by atoms with Gasteiger partial charge in [-0.05, 0) is 12.8 Å². The van der Waals surface area contributed by atoms with Gasteiger partial charge in [-0.3, -0.25) is 9.59 Å². The van der Waals surface area contributed by atoms with Gasteiger partial charge in [-0.25, -0.2) is 0 Å². The van der Waals surface area contributed by atoms with Crippen LogP contribution in [0.4, 0.5) is 0 Å². The molecule has 0 aliphatic rings. The number of unbranched alkanes of at least 4 members (excludes halogenated alkanes) is 1. The minimum Gasteiger partial charge on any atom is -0.481 e. The van der Waals surface area contributed by atoms with E-state index < -0.39 is 11.9 Å². The van der Waals surface area contributed by atoms with E-state index in [1.165, 1.54) is 0 Å². The van der Waals surface area contributed by atoms with Gasteiger partial charge in [0.05, 0.1) is 5.92 Å². The average Bonchev–Trinajstić information content (AvgIpc) is 2.15. The van der Waals surface area contributed by atoms with E-state index in [0.717, 1.165) is 0 Å². The van der Waals surface area contributed by atoms with Crippen LogP contribution in [0.2, 0.25) is 0 Å². The van der Waals surface area contributed by atoms with E-state index in [9.17, 15) is 9.59 Å². The van der Waals surface area contributed by atoms with E-state index in [1.54, 1.807) is 6.92 Å². The van der Waals surface area contributed by atoms with Crippen molar-refractivity contribution in [3.05, 3.63) is 0 Å². The van der Waals surface area contributed by atoms with Crippen LogP contribution in [0.5, 0.6) is 0 Å². The molecule has 0 rings (SSSR count). The summed E-state index contributed by atoms with van der Waals surface area (Å²) in [6.45, 7) is 5.63. The summed E-state index contributed by atoms with van der Waals surface area (Å²) in [4.78, 5) is 20.4.